The second-order valence-corrected chi connectivity index (χ2v) is 4.24. The van der Waals surface area contributed by atoms with E-state index in [2.05, 4.69) is 5.32 Å². The van der Waals surface area contributed by atoms with Gasteiger partial charge in [0.25, 0.3) is 0 Å². The van der Waals surface area contributed by atoms with Gasteiger partial charge in [0, 0.05) is 13.7 Å². The van der Waals surface area contributed by atoms with E-state index in [9.17, 15) is 13.2 Å². The SMILES string of the molecule is COCC(C)CNc1ccc(C(F)(F)F)cc1N. The first-order chi connectivity index (χ1) is 8.34. The minimum atomic E-state index is -4.37. The number of nitrogen functional groups attached to an aromatic ring is 1. The van der Waals surface area contributed by atoms with E-state index in [1.807, 2.05) is 6.92 Å². The van der Waals surface area contributed by atoms with Crippen molar-refractivity contribution in [1.82, 2.24) is 0 Å². The predicted molar refractivity (Wildman–Crippen MR) is 65.4 cm³/mol. The van der Waals surface area contributed by atoms with Crippen LogP contribution in [0.1, 0.15) is 12.5 Å². The Labute approximate surface area is 104 Å². The zero-order valence-corrected chi connectivity index (χ0v) is 10.3. The van der Waals surface area contributed by atoms with Gasteiger partial charge in [0.1, 0.15) is 0 Å². The van der Waals surface area contributed by atoms with Crippen LogP contribution in [0.15, 0.2) is 18.2 Å². The molecule has 0 aliphatic carbocycles. The Bertz CT molecular complexity index is 393. The highest BCUT2D eigenvalue weighted by Crippen LogP contribution is 2.32. The van der Waals surface area contributed by atoms with Gasteiger partial charge >= 0.3 is 6.18 Å². The Balaban J connectivity index is 2.69. The van der Waals surface area contributed by atoms with E-state index in [0.29, 0.717) is 18.8 Å². The molecule has 0 heterocycles. The third-order valence-electron chi connectivity index (χ3n) is 2.47. The molecule has 0 bridgehead atoms. The van der Waals surface area contributed by atoms with Crippen molar-refractivity contribution < 1.29 is 17.9 Å². The summed E-state index contributed by atoms with van der Waals surface area (Å²) >= 11 is 0. The van der Waals surface area contributed by atoms with Crippen molar-refractivity contribution >= 4 is 11.4 Å². The molecule has 0 radical (unpaired) electrons. The summed E-state index contributed by atoms with van der Waals surface area (Å²) < 4.78 is 42.2. The van der Waals surface area contributed by atoms with E-state index >= 15 is 0 Å². The van der Waals surface area contributed by atoms with Crippen molar-refractivity contribution in [3.63, 3.8) is 0 Å². The average molecular weight is 262 g/mol. The first-order valence-corrected chi connectivity index (χ1v) is 5.54. The topological polar surface area (TPSA) is 47.3 Å². The summed E-state index contributed by atoms with van der Waals surface area (Å²) in [6.45, 7) is 3.13. The van der Waals surface area contributed by atoms with Crippen molar-refractivity contribution in [3.05, 3.63) is 23.8 Å². The third-order valence-corrected chi connectivity index (χ3v) is 2.47. The Kier molecular flexibility index (Phi) is 4.84. The van der Waals surface area contributed by atoms with Crippen molar-refractivity contribution in [2.45, 2.75) is 13.1 Å². The van der Waals surface area contributed by atoms with Gasteiger partial charge in [-0.15, -0.1) is 0 Å². The molecule has 102 valence electrons. The lowest BCUT2D eigenvalue weighted by Gasteiger charge is -2.15. The van der Waals surface area contributed by atoms with Gasteiger partial charge in [-0.05, 0) is 24.1 Å². The molecule has 0 fully saturated rings. The zero-order valence-electron chi connectivity index (χ0n) is 10.3. The first kappa shape index (κ1) is 14.6. The molecule has 18 heavy (non-hydrogen) atoms. The molecule has 0 spiro atoms. The fraction of sp³-hybridized carbons (Fsp3) is 0.500. The van der Waals surface area contributed by atoms with Crippen LogP contribution in [0.4, 0.5) is 24.5 Å². The number of nitrogens with two attached hydrogens (primary N) is 1. The van der Waals surface area contributed by atoms with Gasteiger partial charge in [-0.1, -0.05) is 6.92 Å². The predicted octanol–water partition coefficient (Wildman–Crippen LogP) is 2.98. The number of hydrogen-bond donors (Lipinski definition) is 2. The number of ether oxygens (including phenoxy) is 1. The molecule has 1 unspecified atom stereocenters. The van der Waals surface area contributed by atoms with Gasteiger partial charge in [-0.25, -0.2) is 0 Å². The maximum atomic E-state index is 12.4. The number of nitrogens with one attached hydrogen (secondary N) is 1. The lowest BCUT2D eigenvalue weighted by atomic mass is 10.1. The fourth-order valence-electron chi connectivity index (χ4n) is 1.53. The molecule has 0 aromatic heterocycles. The molecule has 6 heteroatoms. The largest absolute Gasteiger partial charge is 0.416 e. The fourth-order valence-corrected chi connectivity index (χ4v) is 1.53. The van der Waals surface area contributed by atoms with E-state index in [1.165, 1.54) is 6.07 Å². The maximum absolute atomic E-state index is 12.4. The smallest absolute Gasteiger partial charge is 0.397 e. The number of rotatable bonds is 5. The van der Waals surface area contributed by atoms with E-state index in [4.69, 9.17) is 10.5 Å². The van der Waals surface area contributed by atoms with Crippen LogP contribution in [-0.4, -0.2) is 20.3 Å². The number of methoxy groups -OCH3 is 1. The average Bonchev–Trinajstić information content (AvgIpc) is 2.26. The summed E-state index contributed by atoms with van der Waals surface area (Å²) in [5.74, 6) is 0.247. The van der Waals surface area contributed by atoms with Gasteiger partial charge < -0.3 is 15.8 Å². The van der Waals surface area contributed by atoms with Gasteiger partial charge in [0.2, 0.25) is 0 Å². The van der Waals surface area contributed by atoms with Crippen LogP contribution in [0.3, 0.4) is 0 Å². The van der Waals surface area contributed by atoms with Crippen LogP contribution < -0.4 is 11.1 Å². The van der Waals surface area contributed by atoms with Crippen molar-refractivity contribution in [1.29, 1.82) is 0 Å². The highest BCUT2D eigenvalue weighted by atomic mass is 19.4. The molecule has 0 saturated heterocycles. The van der Waals surface area contributed by atoms with Crippen molar-refractivity contribution in [3.8, 4) is 0 Å². The highest BCUT2D eigenvalue weighted by Gasteiger charge is 2.30. The molecule has 0 aliphatic rings. The van der Waals surface area contributed by atoms with Gasteiger partial charge in [0.05, 0.1) is 23.5 Å². The van der Waals surface area contributed by atoms with Crippen LogP contribution in [0, 0.1) is 5.92 Å². The Hall–Kier alpha value is -1.43. The molecule has 0 amide bonds. The summed E-state index contributed by atoms with van der Waals surface area (Å²) in [6.07, 6.45) is -4.37. The zero-order chi connectivity index (χ0) is 13.8. The number of anilines is 2. The first-order valence-electron chi connectivity index (χ1n) is 5.54. The van der Waals surface area contributed by atoms with E-state index < -0.39 is 11.7 Å². The molecule has 3 nitrogen and oxygen atoms in total. The number of halogens is 3. The number of benzene rings is 1. The quantitative estimate of drug-likeness (QED) is 0.802. The second-order valence-electron chi connectivity index (χ2n) is 4.24. The minimum absolute atomic E-state index is 0.0921. The summed E-state index contributed by atoms with van der Waals surface area (Å²) in [5.41, 5.74) is 5.44. The van der Waals surface area contributed by atoms with E-state index in [0.717, 1.165) is 12.1 Å². The van der Waals surface area contributed by atoms with E-state index in [-0.39, 0.29) is 11.6 Å². The normalized spacial score (nSPS) is 13.4. The van der Waals surface area contributed by atoms with Gasteiger partial charge in [-0.3, -0.25) is 0 Å². The molecular formula is C12H17F3N2O. The van der Waals surface area contributed by atoms with Crippen LogP contribution >= 0.6 is 0 Å². The summed E-state index contributed by atoms with van der Waals surface area (Å²) in [4.78, 5) is 0. The van der Waals surface area contributed by atoms with Crippen LogP contribution in [0.2, 0.25) is 0 Å². The molecule has 1 aromatic rings. The monoisotopic (exact) mass is 262 g/mol. The Morgan fingerprint density at radius 3 is 2.56 bits per heavy atom. The number of alkyl halides is 3. The van der Waals surface area contributed by atoms with Gasteiger partial charge in [-0.2, -0.15) is 13.2 Å². The molecule has 0 aliphatic heterocycles. The standard InChI is InChI=1S/C12H17F3N2O/c1-8(7-18-2)6-17-11-4-3-9(5-10(11)16)12(13,14)15/h3-5,8,17H,6-7,16H2,1-2H3. The summed E-state index contributed by atoms with van der Waals surface area (Å²) in [6, 6.07) is 3.29. The lowest BCUT2D eigenvalue weighted by molar-refractivity contribution is -0.137. The van der Waals surface area contributed by atoms with E-state index in [1.54, 1.807) is 7.11 Å². The summed E-state index contributed by atoms with van der Waals surface area (Å²) in [5, 5.41) is 3.00. The summed E-state index contributed by atoms with van der Waals surface area (Å²) in [7, 11) is 1.60. The molecule has 0 saturated carbocycles. The molecule has 1 aromatic carbocycles. The Morgan fingerprint density at radius 2 is 2.06 bits per heavy atom. The van der Waals surface area contributed by atoms with Crippen LogP contribution in [0.5, 0.6) is 0 Å². The third kappa shape index (κ3) is 4.10. The van der Waals surface area contributed by atoms with Crippen molar-refractivity contribution in [2.24, 2.45) is 5.92 Å². The highest BCUT2D eigenvalue weighted by molar-refractivity contribution is 5.67. The second kappa shape index (κ2) is 5.95. The van der Waals surface area contributed by atoms with Crippen LogP contribution in [-0.2, 0) is 10.9 Å². The van der Waals surface area contributed by atoms with Gasteiger partial charge in [0.15, 0.2) is 0 Å². The Morgan fingerprint density at radius 1 is 1.39 bits per heavy atom. The molecular weight excluding hydrogens is 245 g/mol. The lowest BCUT2D eigenvalue weighted by Crippen LogP contribution is -2.16. The van der Waals surface area contributed by atoms with Crippen molar-refractivity contribution in [2.75, 3.05) is 31.3 Å². The molecule has 3 N–H and O–H groups in total. The molecule has 1 atom stereocenters. The number of hydrogen-bond acceptors (Lipinski definition) is 3. The van der Waals surface area contributed by atoms with Crippen LogP contribution in [0.25, 0.3) is 0 Å². The minimum Gasteiger partial charge on any atom is -0.397 e. The maximum Gasteiger partial charge on any atom is 0.416 e. The molecule has 1 rings (SSSR count).